The second-order valence-corrected chi connectivity index (χ2v) is 4.24. The van der Waals surface area contributed by atoms with E-state index in [-0.39, 0.29) is 23.7 Å². The first-order chi connectivity index (χ1) is 6.13. The molecule has 0 radical (unpaired) electrons. The normalized spacial score (nSPS) is 33.3. The molecule has 0 saturated heterocycles. The van der Waals surface area contributed by atoms with E-state index in [1.165, 1.54) is 0 Å². The monoisotopic (exact) mass is 225 g/mol. The van der Waals surface area contributed by atoms with Gasteiger partial charge in [0.25, 0.3) is 0 Å². The highest BCUT2D eigenvalue weighted by atomic mass is 35.5. The van der Waals surface area contributed by atoms with Crippen molar-refractivity contribution in [2.24, 2.45) is 0 Å². The number of carbonyl (C=O) groups is 1. The molecule has 1 saturated carbocycles. The second-order valence-electron chi connectivity index (χ2n) is 3.25. The van der Waals surface area contributed by atoms with Gasteiger partial charge in [0, 0.05) is 17.7 Å². The fraction of sp³-hybridized carbons (Fsp3) is 0.875. The summed E-state index contributed by atoms with van der Waals surface area (Å²) in [6.45, 7) is 0. The first-order valence-corrected chi connectivity index (χ1v) is 5.28. The van der Waals surface area contributed by atoms with E-state index in [1.54, 1.807) is 0 Å². The summed E-state index contributed by atoms with van der Waals surface area (Å²) in [4.78, 5) is 11.1. The maximum Gasteiger partial charge on any atom is 0.221 e. The van der Waals surface area contributed by atoms with E-state index in [0.29, 0.717) is 18.7 Å². The van der Waals surface area contributed by atoms with E-state index in [4.69, 9.17) is 23.2 Å². The Morgan fingerprint density at radius 3 is 2.69 bits per heavy atom. The van der Waals surface area contributed by atoms with Crippen LogP contribution in [0.1, 0.15) is 19.3 Å². The van der Waals surface area contributed by atoms with E-state index >= 15 is 0 Å². The summed E-state index contributed by atoms with van der Waals surface area (Å²) in [6.07, 6.45) is 0.962. The van der Waals surface area contributed by atoms with Crippen molar-refractivity contribution in [3.8, 4) is 0 Å². The summed E-state index contributed by atoms with van der Waals surface area (Å²) in [5.74, 6) is 0.184. The quantitative estimate of drug-likeness (QED) is 0.701. The van der Waals surface area contributed by atoms with Gasteiger partial charge in [-0.2, -0.15) is 0 Å². The van der Waals surface area contributed by atoms with E-state index in [9.17, 15) is 9.90 Å². The Morgan fingerprint density at radius 2 is 2.23 bits per heavy atom. The Balaban J connectivity index is 2.32. The lowest BCUT2D eigenvalue weighted by molar-refractivity contribution is -0.122. The molecule has 0 aliphatic heterocycles. The average Bonchev–Trinajstić information content (AvgIpc) is 2.30. The number of amides is 1. The number of nitrogens with one attached hydrogen (secondary N) is 1. The second kappa shape index (κ2) is 5.03. The van der Waals surface area contributed by atoms with Gasteiger partial charge in [0.15, 0.2) is 0 Å². The van der Waals surface area contributed by atoms with Crippen LogP contribution in [-0.2, 0) is 4.79 Å². The molecule has 0 heterocycles. The smallest absolute Gasteiger partial charge is 0.221 e. The fourth-order valence-electron chi connectivity index (χ4n) is 1.48. The molecule has 0 spiro atoms. The lowest BCUT2D eigenvalue weighted by Gasteiger charge is -2.15. The van der Waals surface area contributed by atoms with Gasteiger partial charge in [-0.3, -0.25) is 4.79 Å². The molecule has 1 aliphatic carbocycles. The molecule has 3 nitrogen and oxygen atoms in total. The topological polar surface area (TPSA) is 49.3 Å². The summed E-state index contributed by atoms with van der Waals surface area (Å²) < 4.78 is 0. The van der Waals surface area contributed by atoms with Crippen LogP contribution in [0.25, 0.3) is 0 Å². The van der Waals surface area contributed by atoms with Gasteiger partial charge in [0.05, 0.1) is 12.1 Å². The summed E-state index contributed by atoms with van der Waals surface area (Å²) in [6, 6.07) is -0.196. The third-order valence-electron chi connectivity index (χ3n) is 2.14. The highest BCUT2D eigenvalue weighted by Crippen LogP contribution is 2.24. The predicted octanol–water partition coefficient (Wildman–Crippen LogP) is 0.862. The number of hydrogen-bond donors (Lipinski definition) is 2. The zero-order chi connectivity index (χ0) is 9.84. The summed E-state index contributed by atoms with van der Waals surface area (Å²) in [5, 5.41) is 12.1. The Bertz CT molecular complexity index is 189. The summed E-state index contributed by atoms with van der Waals surface area (Å²) >= 11 is 11.2. The molecule has 2 N–H and O–H groups in total. The van der Waals surface area contributed by atoms with Crippen molar-refractivity contribution in [3.63, 3.8) is 0 Å². The minimum atomic E-state index is -0.512. The maximum absolute atomic E-state index is 11.1. The Labute approximate surface area is 87.4 Å². The molecule has 76 valence electrons. The number of carbonyl (C=O) groups excluding carboxylic acids is 1. The van der Waals surface area contributed by atoms with Crippen molar-refractivity contribution in [2.75, 3.05) is 5.88 Å². The van der Waals surface area contributed by atoms with Crippen LogP contribution in [0.3, 0.4) is 0 Å². The molecular formula is C8H13Cl2NO2. The number of halogens is 2. The van der Waals surface area contributed by atoms with Gasteiger partial charge in [0.1, 0.15) is 0 Å². The molecule has 1 fully saturated rings. The van der Waals surface area contributed by atoms with Gasteiger partial charge >= 0.3 is 0 Å². The largest absolute Gasteiger partial charge is 0.391 e. The van der Waals surface area contributed by atoms with Crippen LogP contribution >= 0.6 is 23.2 Å². The zero-order valence-electron chi connectivity index (χ0n) is 7.17. The molecule has 5 heteroatoms. The van der Waals surface area contributed by atoms with E-state index < -0.39 is 6.10 Å². The Kier molecular flexibility index (Phi) is 4.29. The van der Waals surface area contributed by atoms with E-state index in [2.05, 4.69) is 5.32 Å². The molecule has 1 amide bonds. The van der Waals surface area contributed by atoms with Gasteiger partial charge in [0.2, 0.25) is 5.91 Å². The third-order valence-corrected chi connectivity index (χ3v) is 2.68. The van der Waals surface area contributed by atoms with Crippen molar-refractivity contribution in [1.82, 2.24) is 5.32 Å². The number of rotatable bonds is 3. The van der Waals surface area contributed by atoms with Crippen LogP contribution in [0.15, 0.2) is 0 Å². The molecule has 0 aromatic heterocycles. The first kappa shape index (κ1) is 11.1. The minimum absolute atomic E-state index is 0.0312. The molecular weight excluding hydrogens is 213 g/mol. The first-order valence-electron chi connectivity index (χ1n) is 4.31. The van der Waals surface area contributed by atoms with Crippen molar-refractivity contribution >= 4 is 29.1 Å². The van der Waals surface area contributed by atoms with Crippen molar-refractivity contribution < 1.29 is 9.90 Å². The van der Waals surface area contributed by atoms with Crippen molar-refractivity contribution in [1.29, 1.82) is 0 Å². The molecule has 0 bridgehead atoms. The molecule has 1 rings (SSSR count). The highest BCUT2D eigenvalue weighted by Gasteiger charge is 2.32. The van der Waals surface area contributed by atoms with Gasteiger partial charge in [-0.1, -0.05) is 0 Å². The predicted molar refractivity (Wildman–Crippen MR) is 52.1 cm³/mol. The molecule has 13 heavy (non-hydrogen) atoms. The standard InChI is InChI=1S/C8H13Cl2NO2/c9-2-1-8(13)11-6-3-5(10)4-7(6)12/h5-7,12H,1-4H2,(H,11,13). The minimum Gasteiger partial charge on any atom is -0.391 e. The molecule has 1 aliphatic rings. The maximum atomic E-state index is 11.1. The van der Waals surface area contributed by atoms with Crippen LogP contribution in [0.2, 0.25) is 0 Å². The van der Waals surface area contributed by atoms with Crippen molar-refractivity contribution in [3.05, 3.63) is 0 Å². The van der Waals surface area contributed by atoms with Gasteiger partial charge in [-0.05, 0) is 12.8 Å². The number of hydrogen-bond acceptors (Lipinski definition) is 2. The van der Waals surface area contributed by atoms with E-state index in [1.807, 2.05) is 0 Å². The number of aliphatic hydroxyl groups is 1. The molecule has 3 atom stereocenters. The molecule has 0 aromatic rings. The van der Waals surface area contributed by atoms with Gasteiger partial charge in [-0.25, -0.2) is 0 Å². The number of aliphatic hydroxyl groups excluding tert-OH is 1. The lowest BCUT2D eigenvalue weighted by Crippen LogP contribution is -2.39. The van der Waals surface area contributed by atoms with Crippen LogP contribution in [-0.4, -0.2) is 34.4 Å². The molecule has 3 unspecified atom stereocenters. The van der Waals surface area contributed by atoms with Crippen LogP contribution < -0.4 is 5.32 Å². The van der Waals surface area contributed by atoms with Crippen molar-refractivity contribution in [2.45, 2.75) is 36.8 Å². The number of alkyl halides is 2. The third kappa shape index (κ3) is 3.33. The fourth-order valence-corrected chi connectivity index (χ4v) is 2.02. The Morgan fingerprint density at radius 1 is 1.54 bits per heavy atom. The lowest BCUT2D eigenvalue weighted by atomic mass is 10.2. The van der Waals surface area contributed by atoms with E-state index in [0.717, 1.165) is 0 Å². The van der Waals surface area contributed by atoms with Gasteiger partial charge < -0.3 is 10.4 Å². The van der Waals surface area contributed by atoms with Crippen LogP contribution in [0, 0.1) is 0 Å². The SMILES string of the molecule is O=C(CCCl)NC1CC(Cl)CC1O. The Hall–Kier alpha value is 0.01000. The highest BCUT2D eigenvalue weighted by molar-refractivity contribution is 6.20. The molecule has 0 aromatic carbocycles. The zero-order valence-corrected chi connectivity index (χ0v) is 8.68. The summed E-state index contributed by atoms with van der Waals surface area (Å²) in [5.41, 5.74) is 0. The van der Waals surface area contributed by atoms with Crippen LogP contribution in [0.5, 0.6) is 0 Å². The summed E-state index contributed by atoms with van der Waals surface area (Å²) in [7, 11) is 0. The van der Waals surface area contributed by atoms with Crippen LogP contribution in [0.4, 0.5) is 0 Å². The van der Waals surface area contributed by atoms with Gasteiger partial charge in [-0.15, -0.1) is 23.2 Å². The average molecular weight is 226 g/mol.